The van der Waals surface area contributed by atoms with Crippen molar-refractivity contribution in [2.45, 2.75) is 57.6 Å². The van der Waals surface area contributed by atoms with Gasteiger partial charge in [-0.1, -0.05) is 60.7 Å². The van der Waals surface area contributed by atoms with Crippen molar-refractivity contribution in [2.24, 2.45) is 0 Å². The van der Waals surface area contributed by atoms with Crippen LogP contribution in [0.4, 0.5) is 4.79 Å². The van der Waals surface area contributed by atoms with E-state index in [1.807, 2.05) is 69.3 Å². The van der Waals surface area contributed by atoms with Gasteiger partial charge in [-0.3, -0.25) is 4.79 Å². The molecule has 0 radical (unpaired) electrons. The average Bonchev–Trinajstić information content (AvgIpc) is 3.59. The number of ether oxygens (including phenoxy) is 2. The molecule has 1 N–H and O–H groups in total. The number of nitrogens with zero attached hydrogens (tertiary/aromatic N) is 1. The van der Waals surface area contributed by atoms with Crippen LogP contribution >= 0.6 is 10.5 Å². The first-order valence-corrected chi connectivity index (χ1v) is 15.7. The number of hydrogen-bond acceptors (Lipinski definition) is 5. The Labute approximate surface area is 244 Å². The minimum atomic E-state index is -0.900. The van der Waals surface area contributed by atoms with Gasteiger partial charge in [0, 0.05) is 12.3 Å². The van der Waals surface area contributed by atoms with Crippen LogP contribution in [-0.2, 0) is 16.0 Å². The number of Topliss-reactive ketones (excluding diaryl/α,β-unsaturated/α-hetero) is 1. The molecule has 3 aromatic rings. The lowest BCUT2D eigenvalue weighted by atomic mass is 9.98. The van der Waals surface area contributed by atoms with Crippen LogP contribution in [0.5, 0.6) is 5.75 Å². The van der Waals surface area contributed by atoms with E-state index in [1.54, 1.807) is 0 Å². The number of nitrogens with one attached hydrogen (secondary N) is 1. The monoisotopic (exact) mass is 568 g/mol. The maximum Gasteiger partial charge on any atom is 0.407 e. The molecule has 1 fully saturated rings. The molecule has 7 heteroatoms. The van der Waals surface area contributed by atoms with Crippen LogP contribution in [-0.4, -0.2) is 46.5 Å². The van der Waals surface area contributed by atoms with E-state index in [4.69, 9.17) is 9.47 Å². The molecule has 1 saturated heterocycles. The fourth-order valence-electron chi connectivity index (χ4n) is 5.55. The van der Waals surface area contributed by atoms with Crippen molar-refractivity contribution in [1.82, 2.24) is 5.32 Å². The van der Waals surface area contributed by atoms with Crippen LogP contribution in [0.3, 0.4) is 0 Å². The number of amides is 1. The smallest absolute Gasteiger partial charge is 0.407 e. The van der Waals surface area contributed by atoms with Gasteiger partial charge in [-0.15, -0.1) is 0 Å². The van der Waals surface area contributed by atoms with Crippen LogP contribution in [0, 0.1) is 11.3 Å². The second-order valence-electron chi connectivity index (χ2n) is 11.5. The van der Waals surface area contributed by atoms with Gasteiger partial charge in [0.05, 0.1) is 0 Å². The van der Waals surface area contributed by atoms with Crippen molar-refractivity contribution in [1.29, 1.82) is 5.26 Å². The molecule has 1 amide bonds. The summed E-state index contributed by atoms with van der Waals surface area (Å²) in [7, 11) is -0.365. The molecule has 0 spiro atoms. The number of hydrogen-bond donors (Lipinski definition) is 1. The third-order valence-electron chi connectivity index (χ3n) is 7.38. The van der Waals surface area contributed by atoms with E-state index in [1.165, 1.54) is 0 Å². The van der Waals surface area contributed by atoms with Gasteiger partial charge < -0.3 is 14.8 Å². The number of nitriles is 1. The number of rotatable bonds is 8. The predicted octanol–water partition coefficient (Wildman–Crippen LogP) is 6.64. The fraction of sp³-hybridized carbons (Fsp3) is 0.353. The molecule has 1 aliphatic heterocycles. The molecule has 6 nitrogen and oxygen atoms in total. The molecule has 1 heterocycles. The normalized spacial score (nSPS) is 15.4. The molecule has 2 aliphatic rings. The average molecular weight is 569 g/mol. The summed E-state index contributed by atoms with van der Waals surface area (Å²) in [4.78, 5) is 27.1. The predicted molar refractivity (Wildman–Crippen MR) is 165 cm³/mol. The van der Waals surface area contributed by atoms with Gasteiger partial charge >= 0.3 is 6.09 Å². The quantitative estimate of drug-likeness (QED) is 0.308. The van der Waals surface area contributed by atoms with Gasteiger partial charge in [-0.05, 0) is 85.1 Å². The summed E-state index contributed by atoms with van der Waals surface area (Å²) in [6, 6.07) is 25.1. The summed E-state index contributed by atoms with van der Waals surface area (Å²) in [6.45, 7) is 6.10. The first-order chi connectivity index (χ1) is 19.7. The van der Waals surface area contributed by atoms with E-state index in [2.05, 4.69) is 35.7 Å². The SMILES string of the molecule is CC(C)(C)Oc1ccc(C[C@H](NC(=O)OCC2c3ccccc3-c3ccccc32)C(=O)C(C#N)=S2CCCC2)cc1. The van der Waals surface area contributed by atoms with Crippen molar-refractivity contribution < 1.29 is 19.1 Å². The number of carbonyl (C=O) groups is 2. The highest BCUT2D eigenvalue weighted by Crippen LogP contribution is 2.44. The molecular formula is C34H36N2O4S. The lowest BCUT2D eigenvalue weighted by Gasteiger charge is -2.22. The van der Waals surface area contributed by atoms with E-state index in [0.29, 0.717) is 0 Å². The van der Waals surface area contributed by atoms with Crippen LogP contribution in [0.2, 0.25) is 0 Å². The van der Waals surface area contributed by atoms with Gasteiger partial charge in [0.15, 0.2) is 0 Å². The van der Waals surface area contributed by atoms with E-state index < -0.39 is 12.1 Å². The van der Waals surface area contributed by atoms with Crippen molar-refractivity contribution >= 4 is 27.2 Å². The van der Waals surface area contributed by atoms with Gasteiger partial charge in [0.25, 0.3) is 0 Å². The third-order valence-corrected chi connectivity index (χ3v) is 9.82. The molecule has 1 aliphatic carbocycles. The minimum Gasteiger partial charge on any atom is -0.488 e. The maximum absolute atomic E-state index is 13.7. The molecule has 0 bridgehead atoms. The lowest BCUT2D eigenvalue weighted by molar-refractivity contribution is -0.114. The highest BCUT2D eigenvalue weighted by Gasteiger charge is 2.31. The Morgan fingerprint density at radius 2 is 1.54 bits per heavy atom. The summed E-state index contributed by atoms with van der Waals surface area (Å²) in [5.41, 5.74) is 5.06. The molecular weight excluding hydrogens is 532 g/mol. The number of fused-ring (bicyclic) bond motifs is 3. The zero-order valence-electron chi connectivity index (χ0n) is 23.8. The Bertz CT molecular complexity index is 1460. The van der Waals surface area contributed by atoms with E-state index in [-0.39, 0.29) is 45.7 Å². The van der Waals surface area contributed by atoms with Crippen molar-refractivity contribution in [3.63, 3.8) is 0 Å². The summed E-state index contributed by atoms with van der Waals surface area (Å²) < 4.78 is 11.7. The molecule has 212 valence electrons. The standard InChI is InChI=1S/C34H36N2O4S/c1-34(2,3)40-24-16-14-23(15-17-24)20-30(32(37)31(21-35)41-18-8-9-19-41)36-33(38)39-22-29-27-12-6-4-10-25(27)26-11-5-7-13-28(26)29/h4-7,10-17,29-30H,8-9,18-20,22H2,1-3H3,(H,36,38)/t30-/m0/s1. The molecule has 1 atom stereocenters. The van der Waals surface area contributed by atoms with Gasteiger partial charge in [0.1, 0.15) is 34.9 Å². The summed E-state index contributed by atoms with van der Waals surface area (Å²) in [5.74, 6) is 2.03. The van der Waals surface area contributed by atoms with Crippen LogP contribution in [0.1, 0.15) is 56.2 Å². The van der Waals surface area contributed by atoms with Gasteiger partial charge in [-0.25, -0.2) is 4.79 Å². The molecule has 5 rings (SSSR count). The van der Waals surface area contributed by atoms with Crippen LogP contribution in [0.15, 0.2) is 72.8 Å². The zero-order valence-corrected chi connectivity index (χ0v) is 24.6. The van der Waals surface area contributed by atoms with Crippen LogP contribution < -0.4 is 10.1 Å². The summed E-state index contributed by atoms with van der Waals surface area (Å²) >= 11 is 0. The minimum absolute atomic E-state index is 0.0844. The molecule has 3 aromatic carbocycles. The highest BCUT2D eigenvalue weighted by molar-refractivity contribution is 8.17. The third kappa shape index (κ3) is 6.71. The van der Waals surface area contributed by atoms with Crippen molar-refractivity contribution in [2.75, 3.05) is 18.1 Å². The number of benzene rings is 3. The van der Waals surface area contributed by atoms with Crippen molar-refractivity contribution in [3.05, 3.63) is 89.5 Å². The van der Waals surface area contributed by atoms with E-state index >= 15 is 0 Å². The summed E-state index contributed by atoms with van der Waals surface area (Å²) in [5, 5.41) is 12.7. The first kappa shape index (κ1) is 28.6. The Kier molecular flexibility index (Phi) is 8.60. The maximum atomic E-state index is 13.7. The van der Waals surface area contributed by atoms with Gasteiger partial charge in [0.2, 0.25) is 5.78 Å². The topological polar surface area (TPSA) is 88.4 Å². The highest BCUT2D eigenvalue weighted by atomic mass is 32.2. The zero-order chi connectivity index (χ0) is 29.0. The Balaban J connectivity index is 1.33. The molecule has 0 saturated carbocycles. The van der Waals surface area contributed by atoms with Gasteiger partial charge in [-0.2, -0.15) is 15.7 Å². The molecule has 0 aromatic heterocycles. The lowest BCUT2D eigenvalue weighted by Crippen LogP contribution is -2.45. The largest absolute Gasteiger partial charge is 0.488 e. The number of alkyl carbamates (subject to hydrolysis) is 1. The van der Waals surface area contributed by atoms with Crippen molar-refractivity contribution in [3.8, 4) is 22.9 Å². The molecule has 0 unspecified atom stereocenters. The number of carbonyl (C=O) groups excluding carboxylic acids is 2. The second kappa shape index (κ2) is 12.3. The Morgan fingerprint density at radius 1 is 0.951 bits per heavy atom. The first-order valence-electron chi connectivity index (χ1n) is 14.1. The fourth-order valence-corrected chi connectivity index (χ4v) is 7.83. The van der Waals surface area contributed by atoms with E-state index in [0.717, 1.165) is 57.9 Å². The van der Waals surface area contributed by atoms with Crippen LogP contribution in [0.25, 0.3) is 11.1 Å². The Morgan fingerprint density at radius 3 is 2.10 bits per heavy atom. The second-order valence-corrected chi connectivity index (χ2v) is 13.7. The van der Waals surface area contributed by atoms with E-state index in [9.17, 15) is 14.9 Å². The summed E-state index contributed by atoms with van der Waals surface area (Å²) in [6.07, 6.45) is 1.62. The number of ketones is 1. The molecule has 41 heavy (non-hydrogen) atoms. The Hall–Kier alpha value is -3.89.